The number of hydrogen-bond donors (Lipinski definition) is 2. The van der Waals surface area contributed by atoms with Gasteiger partial charge in [-0.25, -0.2) is 14.8 Å². The van der Waals surface area contributed by atoms with Gasteiger partial charge in [-0.05, 0) is 31.5 Å². The Morgan fingerprint density at radius 1 is 1.09 bits per heavy atom. The van der Waals surface area contributed by atoms with Gasteiger partial charge in [-0.15, -0.1) is 9.50 Å². The number of H-pyrrole nitrogens is 2. The van der Waals surface area contributed by atoms with E-state index in [1.54, 1.807) is 12.4 Å². The first-order valence-corrected chi connectivity index (χ1v) is 10.3. The molecule has 0 saturated heterocycles. The van der Waals surface area contributed by atoms with E-state index in [-0.39, 0.29) is 11.6 Å². The lowest BCUT2D eigenvalue weighted by atomic mass is 9.99. The number of aromatic amines is 2. The fraction of sp³-hybridized carbons (Fsp3) is 0.174. The molecule has 0 radical (unpaired) electrons. The number of fused-ring (bicyclic) bond motifs is 1. The molecule has 0 fully saturated rings. The van der Waals surface area contributed by atoms with Crippen LogP contribution in [0.1, 0.15) is 17.2 Å². The molecule has 0 aliphatic heterocycles. The predicted octanol–water partition coefficient (Wildman–Crippen LogP) is 2.20. The van der Waals surface area contributed by atoms with Gasteiger partial charge in [0.2, 0.25) is 5.65 Å². The molecule has 0 saturated carbocycles. The van der Waals surface area contributed by atoms with Gasteiger partial charge in [-0.2, -0.15) is 4.68 Å². The van der Waals surface area contributed by atoms with Crippen molar-refractivity contribution < 1.29 is 4.98 Å². The summed E-state index contributed by atoms with van der Waals surface area (Å²) in [6, 6.07) is 13.9. The molecule has 0 aliphatic rings. The second-order valence-corrected chi connectivity index (χ2v) is 7.72. The second kappa shape index (κ2) is 7.77. The summed E-state index contributed by atoms with van der Waals surface area (Å²) in [5, 5.41) is 4.70. The number of benzene rings is 1. The fourth-order valence-electron chi connectivity index (χ4n) is 4.01. The van der Waals surface area contributed by atoms with Gasteiger partial charge in [-0.1, -0.05) is 30.3 Å². The minimum Gasteiger partial charge on any atom is -0.349 e. The first kappa shape index (κ1) is 19.7. The zero-order valence-corrected chi connectivity index (χ0v) is 17.8. The molecule has 9 heteroatoms. The van der Waals surface area contributed by atoms with Crippen molar-refractivity contribution in [2.24, 2.45) is 0 Å². The number of aromatic nitrogens is 7. The second-order valence-electron chi connectivity index (χ2n) is 7.72. The molecule has 0 atom stereocenters. The molecule has 9 nitrogen and oxygen atoms in total. The molecule has 4 heterocycles. The number of hydrogen-bond acceptors (Lipinski definition) is 5. The summed E-state index contributed by atoms with van der Waals surface area (Å²) in [5.74, 6) is 1.01. The summed E-state index contributed by atoms with van der Waals surface area (Å²) < 4.78 is 2.86. The number of nitrogens with zero attached hydrogens (tertiary/aromatic N) is 5. The third-order valence-electron chi connectivity index (χ3n) is 5.35. The molecule has 4 N–H and O–H groups in total. The molecule has 0 amide bonds. The molecular weight excluding hydrogens is 404 g/mol. The van der Waals surface area contributed by atoms with Crippen LogP contribution in [0.4, 0.5) is 5.95 Å². The molecule has 0 spiro atoms. The lowest BCUT2D eigenvalue weighted by Crippen LogP contribution is -2.28. The number of nitrogens with two attached hydrogens (primary N) is 1. The number of imidazole rings is 1. The number of rotatable bonds is 5. The summed E-state index contributed by atoms with van der Waals surface area (Å²) in [7, 11) is 0. The van der Waals surface area contributed by atoms with Gasteiger partial charge < -0.3 is 4.98 Å². The van der Waals surface area contributed by atoms with Crippen LogP contribution in [0, 0.1) is 13.8 Å². The van der Waals surface area contributed by atoms with Crippen LogP contribution in [0.5, 0.6) is 0 Å². The highest BCUT2D eigenvalue weighted by atomic mass is 16.2. The van der Waals surface area contributed by atoms with Gasteiger partial charge in [0.15, 0.2) is 0 Å². The van der Waals surface area contributed by atoms with Crippen LogP contribution >= 0.6 is 0 Å². The molecule has 32 heavy (non-hydrogen) atoms. The molecule has 1 aromatic carbocycles. The third-order valence-corrected chi connectivity index (χ3v) is 5.35. The number of pyridine rings is 1. The van der Waals surface area contributed by atoms with Gasteiger partial charge in [0, 0.05) is 35.8 Å². The van der Waals surface area contributed by atoms with Gasteiger partial charge in [-0.3, -0.25) is 10.7 Å². The van der Waals surface area contributed by atoms with Crippen molar-refractivity contribution in [3.05, 3.63) is 82.6 Å². The Morgan fingerprint density at radius 2 is 1.84 bits per heavy atom. The van der Waals surface area contributed by atoms with Gasteiger partial charge in [0.05, 0.1) is 12.1 Å². The van der Waals surface area contributed by atoms with Gasteiger partial charge >= 0.3 is 11.6 Å². The van der Waals surface area contributed by atoms with Crippen molar-refractivity contribution in [3.63, 3.8) is 0 Å². The van der Waals surface area contributed by atoms with Crippen LogP contribution < -0.4 is 16.4 Å². The molecule has 160 valence electrons. The highest BCUT2D eigenvalue weighted by molar-refractivity contribution is 5.88. The standard InChI is InChI=1S/C23H22N8O/c1-14-12-17(13-15(2)27-14)19-20(16-6-4-3-5-7-16)28-22(24)31-21(19)29-30(23(31)32)11-8-18-25-9-10-26-18/h3-7,9-10,12-13H,8,11H2,1-2H3,(H2,24,28)(H,25,26)/p+1. The Hall–Kier alpha value is -4.27. The summed E-state index contributed by atoms with van der Waals surface area (Å²) in [6.45, 7) is 4.28. The average molecular weight is 427 g/mol. The van der Waals surface area contributed by atoms with Crippen LogP contribution in [-0.2, 0) is 13.0 Å². The smallest absolute Gasteiger partial charge is 0.349 e. The molecule has 5 rings (SSSR count). The minimum absolute atomic E-state index is 0.222. The van der Waals surface area contributed by atoms with E-state index in [0.717, 1.165) is 39.6 Å². The van der Waals surface area contributed by atoms with Crippen molar-refractivity contribution in [3.8, 4) is 22.4 Å². The molecule has 0 bridgehead atoms. The van der Waals surface area contributed by atoms with Crippen LogP contribution in [0.3, 0.4) is 0 Å². The van der Waals surface area contributed by atoms with E-state index < -0.39 is 0 Å². The van der Waals surface area contributed by atoms with Crippen LogP contribution in [0.15, 0.2) is 59.7 Å². The molecule has 0 unspecified atom stereocenters. The normalized spacial score (nSPS) is 11.3. The third kappa shape index (κ3) is 3.43. The molecule has 0 aliphatic carbocycles. The zero-order valence-electron chi connectivity index (χ0n) is 17.8. The number of nitrogen functional groups attached to an aromatic ring is 1. The first-order chi connectivity index (χ1) is 15.5. The molecule has 4 aromatic heterocycles. The summed E-state index contributed by atoms with van der Waals surface area (Å²) >= 11 is 0. The Bertz CT molecular complexity index is 1450. The number of nitrogens with one attached hydrogen (secondary N) is 2. The Kier molecular flexibility index (Phi) is 4.78. The summed E-state index contributed by atoms with van der Waals surface area (Å²) in [5.41, 5.74) is 11.7. The molecular formula is C23H23N8O+. The maximum atomic E-state index is 13.2. The largest absolute Gasteiger partial charge is 0.411 e. The summed E-state index contributed by atoms with van der Waals surface area (Å²) in [6.07, 6.45) is 3.99. The molecule has 5 aromatic rings. The van der Waals surface area contributed by atoms with E-state index in [0.29, 0.717) is 18.6 Å². The van der Waals surface area contributed by atoms with Gasteiger partial charge in [0.1, 0.15) is 11.5 Å². The highest BCUT2D eigenvalue weighted by Crippen LogP contribution is 2.32. The van der Waals surface area contributed by atoms with E-state index in [4.69, 9.17) is 10.8 Å². The predicted molar refractivity (Wildman–Crippen MR) is 121 cm³/mol. The van der Waals surface area contributed by atoms with Crippen LogP contribution in [-0.4, -0.2) is 29.1 Å². The van der Waals surface area contributed by atoms with Crippen molar-refractivity contribution in [2.45, 2.75) is 26.8 Å². The van der Waals surface area contributed by atoms with E-state index in [9.17, 15) is 4.79 Å². The lowest BCUT2D eigenvalue weighted by Gasteiger charge is -2.10. The lowest BCUT2D eigenvalue weighted by molar-refractivity contribution is -0.351. The van der Waals surface area contributed by atoms with Crippen molar-refractivity contribution >= 4 is 11.6 Å². The van der Waals surface area contributed by atoms with E-state index >= 15 is 0 Å². The quantitative estimate of drug-likeness (QED) is 0.445. The Balaban J connectivity index is 1.77. The number of aryl methyl sites for hydroxylation is 4. The van der Waals surface area contributed by atoms with Crippen LogP contribution in [0.2, 0.25) is 0 Å². The Morgan fingerprint density at radius 3 is 2.53 bits per heavy atom. The number of anilines is 1. The SMILES string of the molecule is Cc1cc(-c2c(-c3ccccc3)[nH+]c(N)n3c(=O)n(CCc4ncc[nH]4)nc23)cc(C)n1. The fourth-order valence-corrected chi connectivity index (χ4v) is 4.01. The first-order valence-electron chi connectivity index (χ1n) is 10.3. The average Bonchev–Trinajstić information content (AvgIpc) is 3.40. The van der Waals surface area contributed by atoms with Crippen LogP contribution in [0.25, 0.3) is 28.0 Å². The van der Waals surface area contributed by atoms with E-state index in [2.05, 4.69) is 19.9 Å². The zero-order chi connectivity index (χ0) is 22.2. The maximum absolute atomic E-state index is 13.2. The Labute approximate surface area is 183 Å². The van der Waals surface area contributed by atoms with Gasteiger partial charge in [0.25, 0.3) is 0 Å². The monoisotopic (exact) mass is 427 g/mol. The summed E-state index contributed by atoms with van der Waals surface area (Å²) in [4.78, 5) is 28.2. The van der Waals surface area contributed by atoms with Crippen molar-refractivity contribution in [1.29, 1.82) is 0 Å². The van der Waals surface area contributed by atoms with E-state index in [1.165, 1.54) is 9.08 Å². The minimum atomic E-state index is -0.302. The topological polar surface area (TPSA) is 121 Å². The maximum Gasteiger partial charge on any atom is 0.411 e. The van der Waals surface area contributed by atoms with E-state index in [1.807, 2.05) is 56.3 Å². The van der Waals surface area contributed by atoms with Crippen molar-refractivity contribution in [1.82, 2.24) is 29.1 Å². The highest BCUT2D eigenvalue weighted by Gasteiger charge is 2.26. The van der Waals surface area contributed by atoms with Crippen molar-refractivity contribution in [2.75, 3.05) is 5.73 Å².